The highest BCUT2D eigenvalue weighted by molar-refractivity contribution is 5.45. The van der Waals surface area contributed by atoms with Gasteiger partial charge in [-0.15, -0.1) is 0 Å². The molecular formula is C23H28N4. The maximum atomic E-state index is 4.80. The summed E-state index contributed by atoms with van der Waals surface area (Å²) in [6.07, 6.45) is 0. The molecular weight excluding hydrogens is 332 g/mol. The summed E-state index contributed by atoms with van der Waals surface area (Å²) in [6, 6.07) is 21.2. The zero-order chi connectivity index (χ0) is 19.2. The Morgan fingerprint density at radius 3 is 2.33 bits per heavy atom. The molecule has 0 aliphatic carbocycles. The smallest absolute Gasteiger partial charge is 0.228 e. The third-order valence-electron chi connectivity index (χ3n) is 4.64. The van der Waals surface area contributed by atoms with E-state index >= 15 is 0 Å². The van der Waals surface area contributed by atoms with Gasteiger partial charge >= 0.3 is 0 Å². The predicted octanol–water partition coefficient (Wildman–Crippen LogP) is 5.12. The number of aryl methyl sites for hydroxylation is 2. The Labute approximate surface area is 162 Å². The van der Waals surface area contributed by atoms with E-state index in [2.05, 4.69) is 79.5 Å². The maximum Gasteiger partial charge on any atom is 0.228 e. The van der Waals surface area contributed by atoms with Crippen LogP contribution in [0.4, 0.5) is 11.8 Å². The topological polar surface area (TPSA) is 41.1 Å². The van der Waals surface area contributed by atoms with Crippen LogP contribution in [0.2, 0.25) is 0 Å². The van der Waals surface area contributed by atoms with E-state index in [1.165, 1.54) is 16.7 Å². The van der Waals surface area contributed by atoms with Gasteiger partial charge in [-0.25, -0.2) is 4.98 Å². The molecule has 3 aromatic rings. The van der Waals surface area contributed by atoms with Gasteiger partial charge in [0.15, 0.2) is 0 Å². The number of anilines is 2. The van der Waals surface area contributed by atoms with Crippen molar-refractivity contribution >= 4 is 11.8 Å². The Balaban J connectivity index is 1.81. The fraction of sp³-hybridized carbons (Fsp3) is 0.304. The SMILES string of the molecule is Cc1cc(NCc2ccccc2C)nc(N(Cc2ccccc2)C(C)C)n1. The molecule has 1 heterocycles. The first-order valence-corrected chi connectivity index (χ1v) is 9.47. The third-order valence-corrected chi connectivity index (χ3v) is 4.64. The molecule has 0 saturated heterocycles. The largest absolute Gasteiger partial charge is 0.366 e. The van der Waals surface area contributed by atoms with Crippen molar-refractivity contribution in [3.05, 3.63) is 83.0 Å². The van der Waals surface area contributed by atoms with Crippen molar-refractivity contribution in [2.75, 3.05) is 10.2 Å². The lowest BCUT2D eigenvalue weighted by Crippen LogP contribution is -2.32. The molecule has 140 valence electrons. The second-order valence-corrected chi connectivity index (χ2v) is 7.18. The van der Waals surface area contributed by atoms with Gasteiger partial charge in [0.2, 0.25) is 5.95 Å². The number of hydrogen-bond donors (Lipinski definition) is 1. The van der Waals surface area contributed by atoms with Crippen LogP contribution in [0.1, 0.15) is 36.2 Å². The summed E-state index contributed by atoms with van der Waals surface area (Å²) in [5.74, 6) is 1.63. The first kappa shape index (κ1) is 18.9. The fourth-order valence-corrected chi connectivity index (χ4v) is 3.03. The van der Waals surface area contributed by atoms with Crippen LogP contribution in [0, 0.1) is 13.8 Å². The molecule has 4 heteroatoms. The van der Waals surface area contributed by atoms with Crippen LogP contribution in [0.25, 0.3) is 0 Å². The lowest BCUT2D eigenvalue weighted by Gasteiger charge is -2.27. The Kier molecular flexibility index (Phi) is 6.07. The molecule has 0 fully saturated rings. The highest BCUT2D eigenvalue weighted by Gasteiger charge is 2.15. The molecule has 0 amide bonds. The molecule has 2 aromatic carbocycles. The molecule has 0 aliphatic rings. The van der Waals surface area contributed by atoms with E-state index in [1.807, 2.05) is 19.1 Å². The van der Waals surface area contributed by atoms with Crippen molar-refractivity contribution < 1.29 is 0 Å². The van der Waals surface area contributed by atoms with Crippen molar-refractivity contribution in [1.82, 2.24) is 9.97 Å². The lowest BCUT2D eigenvalue weighted by molar-refractivity contribution is 0.659. The fourth-order valence-electron chi connectivity index (χ4n) is 3.03. The van der Waals surface area contributed by atoms with E-state index in [9.17, 15) is 0 Å². The van der Waals surface area contributed by atoms with Crippen molar-refractivity contribution in [2.24, 2.45) is 0 Å². The summed E-state index contributed by atoms with van der Waals surface area (Å²) in [5.41, 5.74) is 4.78. The molecule has 4 nitrogen and oxygen atoms in total. The van der Waals surface area contributed by atoms with Crippen LogP contribution in [0.3, 0.4) is 0 Å². The van der Waals surface area contributed by atoms with Crippen molar-refractivity contribution in [3.8, 4) is 0 Å². The Morgan fingerprint density at radius 1 is 0.926 bits per heavy atom. The zero-order valence-corrected chi connectivity index (χ0v) is 16.6. The van der Waals surface area contributed by atoms with Crippen LogP contribution in [-0.4, -0.2) is 16.0 Å². The van der Waals surface area contributed by atoms with Crippen LogP contribution >= 0.6 is 0 Å². The van der Waals surface area contributed by atoms with E-state index < -0.39 is 0 Å². The molecule has 0 unspecified atom stereocenters. The first-order valence-electron chi connectivity index (χ1n) is 9.47. The second kappa shape index (κ2) is 8.67. The van der Waals surface area contributed by atoms with Gasteiger partial charge in [0.1, 0.15) is 5.82 Å². The molecule has 1 N–H and O–H groups in total. The number of aromatic nitrogens is 2. The molecule has 0 aliphatic heterocycles. The van der Waals surface area contributed by atoms with E-state index in [0.717, 1.165) is 30.5 Å². The number of nitrogens with zero attached hydrogens (tertiary/aromatic N) is 3. The minimum absolute atomic E-state index is 0.302. The summed E-state index contributed by atoms with van der Waals surface area (Å²) in [4.78, 5) is 11.7. The summed E-state index contributed by atoms with van der Waals surface area (Å²) in [7, 11) is 0. The summed E-state index contributed by atoms with van der Waals surface area (Å²) in [5, 5.41) is 3.46. The summed E-state index contributed by atoms with van der Waals surface area (Å²) < 4.78 is 0. The lowest BCUT2D eigenvalue weighted by atomic mass is 10.1. The van der Waals surface area contributed by atoms with Gasteiger partial charge in [-0.2, -0.15) is 4.98 Å². The minimum Gasteiger partial charge on any atom is -0.366 e. The van der Waals surface area contributed by atoms with Crippen LogP contribution in [-0.2, 0) is 13.1 Å². The van der Waals surface area contributed by atoms with Gasteiger partial charge in [0, 0.05) is 30.9 Å². The van der Waals surface area contributed by atoms with Gasteiger partial charge in [-0.3, -0.25) is 0 Å². The van der Waals surface area contributed by atoms with Crippen LogP contribution in [0.5, 0.6) is 0 Å². The third kappa shape index (κ3) is 5.07. The Bertz CT molecular complexity index is 875. The van der Waals surface area contributed by atoms with Gasteiger partial charge in [0.05, 0.1) is 0 Å². The van der Waals surface area contributed by atoms with Crippen LogP contribution < -0.4 is 10.2 Å². The molecule has 0 atom stereocenters. The molecule has 0 radical (unpaired) electrons. The molecule has 0 saturated carbocycles. The van der Waals surface area contributed by atoms with Gasteiger partial charge < -0.3 is 10.2 Å². The standard InChI is InChI=1S/C23H28N4/c1-17(2)27(16-20-11-6-5-7-12-20)23-25-19(4)14-22(26-23)24-15-21-13-9-8-10-18(21)3/h5-14,17H,15-16H2,1-4H3,(H,24,25,26). The highest BCUT2D eigenvalue weighted by atomic mass is 15.3. The number of nitrogens with one attached hydrogen (secondary N) is 1. The van der Waals surface area contributed by atoms with E-state index in [4.69, 9.17) is 9.97 Å². The van der Waals surface area contributed by atoms with Gasteiger partial charge in [0.25, 0.3) is 0 Å². The van der Waals surface area contributed by atoms with Crippen LogP contribution in [0.15, 0.2) is 60.7 Å². The van der Waals surface area contributed by atoms with E-state index in [0.29, 0.717) is 6.04 Å². The molecule has 0 bridgehead atoms. The number of rotatable bonds is 7. The van der Waals surface area contributed by atoms with Crippen molar-refractivity contribution in [3.63, 3.8) is 0 Å². The van der Waals surface area contributed by atoms with Crippen molar-refractivity contribution in [2.45, 2.75) is 46.8 Å². The van der Waals surface area contributed by atoms with Gasteiger partial charge in [-0.05, 0) is 44.4 Å². The Hall–Kier alpha value is -2.88. The molecule has 0 spiro atoms. The van der Waals surface area contributed by atoms with Gasteiger partial charge in [-0.1, -0.05) is 54.6 Å². The average molecular weight is 361 g/mol. The molecule has 1 aromatic heterocycles. The molecule has 3 rings (SSSR count). The summed E-state index contributed by atoms with van der Waals surface area (Å²) >= 11 is 0. The predicted molar refractivity (Wildman–Crippen MR) is 113 cm³/mol. The normalized spacial score (nSPS) is 10.9. The van der Waals surface area contributed by atoms with Crippen molar-refractivity contribution in [1.29, 1.82) is 0 Å². The minimum atomic E-state index is 0.302. The summed E-state index contributed by atoms with van der Waals surface area (Å²) in [6.45, 7) is 10.0. The Morgan fingerprint density at radius 2 is 1.63 bits per heavy atom. The van der Waals surface area contributed by atoms with E-state index in [1.54, 1.807) is 0 Å². The maximum absolute atomic E-state index is 4.80. The first-order chi connectivity index (χ1) is 13.0. The quantitative estimate of drug-likeness (QED) is 0.635. The average Bonchev–Trinajstić information content (AvgIpc) is 2.65. The monoisotopic (exact) mass is 360 g/mol. The zero-order valence-electron chi connectivity index (χ0n) is 16.6. The number of hydrogen-bond acceptors (Lipinski definition) is 4. The number of benzene rings is 2. The second-order valence-electron chi connectivity index (χ2n) is 7.18. The van der Waals surface area contributed by atoms with E-state index in [-0.39, 0.29) is 0 Å². The highest BCUT2D eigenvalue weighted by Crippen LogP contribution is 2.20. The molecule has 27 heavy (non-hydrogen) atoms.